The number of benzene rings is 1. The maximum absolute atomic E-state index is 13.5. The Morgan fingerprint density at radius 1 is 1.19 bits per heavy atom. The third-order valence-electron chi connectivity index (χ3n) is 3.49. The molecule has 1 aromatic rings. The van der Waals surface area contributed by atoms with Crippen molar-refractivity contribution in [2.24, 2.45) is 0 Å². The van der Waals surface area contributed by atoms with Gasteiger partial charge in [0.2, 0.25) is 11.8 Å². The summed E-state index contributed by atoms with van der Waals surface area (Å²) in [4.78, 5) is 12.2. The number of halogens is 6. The molecule has 4 nitrogen and oxygen atoms in total. The zero-order valence-electron chi connectivity index (χ0n) is 13.9. The van der Waals surface area contributed by atoms with Crippen LogP contribution in [0.2, 0.25) is 0 Å². The Kier molecular flexibility index (Phi) is 7.13. The number of amides is 1. The smallest absolute Gasteiger partial charge is 0.341 e. The zero-order valence-corrected chi connectivity index (χ0v) is 15.5. The van der Waals surface area contributed by atoms with Crippen molar-refractivity contribution in [2.75, 3.05) is 6.54 Å². The number of nitrogens with one attached hydrogen (secondary N) is 2. The predicted octanol–water partition coefficient (Wildman–Crippen LogP) is 4.09. The summed E-state index contributed by atoms with van der Waals surface area (Å²) >= 11 is 3.10. The van der Waals surface area contributed by atoms with Gasteiger partial charge in [0.25, 0.3) is 0 Å². The van der Waals surface area contributed by atoms with Gasteiger partial charge in [-0.3, -0.25) is 10.1 Å². The molecule has 1 unspecified atom stereocenters. The molecule has 1 rings (SSSR count). The lowest BCUT2D eigenvalue weighted by Crippen LogP contribution is -2.59. The molecule has 2 N–H and O–H groups in total. The molecular formula is C16H17BrF5N3O. The van der Waals surface area contributed by atoms with E-state index in [-0.39, 0.29) is 5.56 Å². The average Bonchev–Trinajstić information content (AvgIpc) is 2.48. The topological polar surface area (TPSA) is 64.9 Å². The van der Waals surface area contributed by atoms with E-state index in [9.17, 15) is 26.7 Å². The molecule has 0 aliphatic rings. The van der Waals surface area contributed by atoms with E-state index >= 15 is 0 Å². The van der Waals surface area contributed by atoms with E-state index < -0.39 is 42.6 Å². The van der Waals surface area contributed by atoms with Crippen molar-refractivity contribution in [2.45, 2.75) is 43.9 Å². The summed E-state index contributed by atoms with van der Waals surface area (Å²) in [6.07, 6.45) is -6.02. The maximum Gasteiger partial charge on any atom is 0.407 e. The predicted molar refractivity (Wildman–Crippen MR) is 88.3 cm³/mol. The summed E-state index contributed by atoms with van der Waals surface area (Å²) in [5.74, 6) is -4.53. The fourth-order valence-electron chi connectivity index (χ4n) is 2.46. The number of carbonyl (C=O) groups is 1. The molecule has 0 radical (unpaired) electrons. The van der Waals surface area contributed by atoms with Crippen LogP contribution in [0, 0.1) is 11.3 Å². The third-order valence-corrected chi connectivity index (χ3v) is 4.02. The van der Waals surface area contributed by atoms with Crippen LogP contribution in [0.5, 0.6) is 0 Å². The van der Waals surface area contributed by atoms with Crippen molar-refractivity contribution in [3.05, 3.63) is 34.3 Å². The largest absolute Gasteiger partial charge is 0.407 e. The summed E-state index contributed by atoms with van der Waals surface area (Å²) in [6, 6.07) is 4.32. The monoisotopic (exact) mass is 441 g/mol. The van der Waals surface area contributed by atoms with Crippen LogP contribution in [0.3, 0.4) is 0 Å². The van der Waals surface area contributed by atoms with Gasteiger partial charge in [-0.15, -0.1) is 0 Å². The van der Waals surface area contributed by atoms with E-state index in [1.165, 1.54) is 24.3 Å². The highest BCUT2D eigenvalue weighted by molar-refractivity contribution is 9.10. The first kappa shape index (κ1) is 22.3. The quantitative estimate of drug-likeness (QED) is 0.494. The number of hydrogen-bond acceptors (Lipinski definition) is 3. The molecule has 1 aromatic carbocycles. The van der Waals surface area contributed by atoms with Crippen molar-refractivity contribution in [3.8, 4) is 6.07 Å². The standard InChI is InChI=1S/C16H17BrF5N3O/c1-14(9-15(2,18)19,13(26)24-8-7-23)25-12(16(20,21)22)10-3-5-11(17)6-4-10/h3-6,12,25H,8-9H2,1-2H3,(H,24,26)/t12-,14?/m0/s1. The summed E-state index contributed by atoms with van der Waals surface area (Å²) in [7, 11) is 0. The van der Waals surface area contributed by atoms with Gasteiger partial charge >= 0.3 is 6.18 Å². The van der Waals surface area contributed by atoms with E-state index in [0.717, 1.165) is 6.92 Å². The second kappa shape index (κ2) is 8.31. The van der Waals surface area contributed by atoms with Gasteiger partial charge in [-0.2, -0.15) is 18.4 Å². The van der Waals surface area contributed by atoms with Gasteiger partial charge in [0, 0.05) is 10.9 Å². The van der Waals surface area contributed by atoms with Gasteiger partial charge in [-0.1, -0.05) is 28.1 Å². The minimum atomic E-state index is -4.84. The molecule has 1 amide bonds. The third kappa shape index (κ3) is 6.53. The lowest BCUT2D eigenvalue weighted by molar-refractivity contribution is -0.167. The molecular weight excluding hydrogens is 425 g/mol. The second-order valence-corrected chi connectivity index (χ2v) is 7.01. The van der Waals surface area contributed by atoms with Crippen molar-refractivity contribution in [3.63, 3.8) is 0 Å². The molecule has 0 saturated heterocycles. The molecule has 0 aromatic heterocycles. The number of nitriles is 1. The summed E-state index contributed by atoms with van der Waals surface area (Å²) < 4.78 is 68.2. The molecule has 10 heteroatoms. The van der Waals surface area contributed by atoms with Crippen LogP contribution >= 0.6 is 15.9 Å². The number of rotatable bonds is 7. The number of nitrogens with zero attached hydrogens (tertiary/aromatic N) is 1. The number of alkyl halides is 5. The fourth-order valence-corrected chi connectivity index (χ4v) is 2.72. The van der Waals surface area contributed by atoms with Gasteiger partial charge in [-0.05, 0) is 31.5 Å². The van der Waals surface area contributed by atoms with E-state index in [0.29, 0.717) is 11.4 Å². The van der Waals surface area contributed by atoms with Crippen LogP contribution < -0.4 is 10.6 Å². The van der Waals surface area contributed by atoms with Crippen LogP contribution in [0.1, 0.15) is 31.9 Å². The highest BCUT2D eigenvalue weighted by Gasteiger charge is 2.49. The molecule has 0 bridgehead atoms. The lowest BCUT2D eigenvalue weighted by atomic mass is 9.90. The van der Waals surface area contributed by atoms with Crippen molar-refractivity contribution < 1.29 is 26.7 Å². The fraction of sp³-hybridized carbons (Fsp3) is 0.500. The van der Waals surface area contributed by atoms with E-state index in [4.69, 9.17) is 5.26 Å². The highest BCUT2D eigenvalue weighted by atomic mass is 79.9. The molecule has 0 spiro atoms. The normalized spacial score (nSPS) is 15.7. The second-order valence-electron chi connectivity index (χ2n) is 6.09. The Labute approximate surface area is 155 Å². The van der Waals surface area contributed by atoms with Crippen molar-refractivity contribution in [1.82, 2.24) is 10.6 Å². The van der Waals surface area contributed by atoms with Crippen LogP contribution in [-0.2, 0) is 4.79 Å². The minimum Gasteiger partial charge on any atom is -0.341 e. The molecule has 0 fully saturated rings. The summed E-state index contributed by atoms with van der Waals surface area (Å²) in [5.41, 5.74) is -2.50. The molecule has 0 aliphatic heterocycles. The van der Waals surface area contributed by atoms with Crippen LogP contribution in [0.4, 0.5) is 22.0 Å². The van der Waals surface area contributed by atoms with Gasteiger partial charge in [0.1, 0.15) is 18.1 Å². The Morgan fingerprint density at radius 3 is 2.15 bits per heavy atom. The Morgan fingerprint density at radius 2 is 1.73 bits per heavy atom. The van der Waals surface area contributed by atoms with Crippen LogP contribution in [0.15, 0.2) is 28.7 Å². The molecule has 0 saturated carbocycles. The van der Waals surface area contributed by atoms with E-state index in [1.54, 1.807) is 6.07 Å². The minimum absolute atomic E-state index is 0.237. The lowest BCUT2D eigenvalue weighted by Gasteiger charge is -2.36. The van der Waals surface area contributed by atoms with Crippen LogP contribution in [-0.4, -0.2) is 30.1 Å². The summed E-state index contributed by atoms with van der Waals surface area (Å²) in [5, 5.41) is 12.6. The molecule has 0 aliphatic carbocycles. The Hall–Kier alpha value is -1.73. The highest BCUT2D eigenvalue weighted by Crippen LogP contribution is 2.37. The Bertz CT molecular complexity index is 666. The molecule has 144 valence electrons. The maximum atomic E-state index is 13.5. The average molecular weight is 442 g/mol. The van der Waals surface area contributed by atoms with Gasteiger partial charge in [-0.25, -0.2) is 8.78 Å². The van der Waals surface area contributed by atoms with E-state index in [2.05, 4.69) is 15.9 Å². The van der Waals surface area contributed by atoms with Crippen molar-refractivity contribution in [1.29, 1.82) is 5.26 Å². The zero-order chi connectivity index (χ0) is 20.2. The van der Waals surface area contributed by atoms with Gasteiger partial charge in [0.05, 0.1) is 6.07 Å². The molecule has 2 atom stereocenters. The first-order valence-corrected chi connectivity index (χ1v) is 8.21. The summed E-state index contributed by atoms with van der Waals surface area (Å²) in [6.45, 7) is 0.946. The Balaban J connectivity index is 3.27. The molecule has 0 heterocycles. The van der Waals surface area contributed by atoms with Crippen molar-refractivity contribution >= 4 is 21.8 Å². The van der Waals surface area contributed by atoms with Crippen LogP contribution in [0.25, 0.3) is 0 Å². The number of hydrogen-bond donors (Lipinski definition) is 2. The van der Waals surface area contributed by atoms with E-state index in [1.807, 2.05) is 10.6 Å². The van der Waals surface area contributed by atoms with Gasteiger partial charge < -0.3 is 5.32 Å². The number of carbonyl (C=O) groups excluding carboxylic acids is 1. The van der Waals surface area contributed by atoms with Gasteiger partial charge in [0.15, 0.2) is 0 Å². The SMILES string of the molecule is CC(F)(F)CC(C)(N[C@@H](c1ccc(Br)cc1)C(F)(F)F)C(=O)NCC#N. The molecule has 26 heavy (non-hydrogen) atoms. The first-order chi connectivity index (χ1) is 11.8. The first-order valence-electron chi connectivity index (χ1n) is 7.41.